The maximum absolute atomic E-state index is 9.88. The highest BCUT2D eigenvalue weighted by Gasteiger charge is 2.13. The number of alkyl halides is 1. The van der Waals surface area contributed by atoms with Gasteiger partial charge < -0.3 is 15.1 Å². The molecule has 0 aliphatic carbocycles. The first-order valence-electron chi connectivity index (χ1n) is 5.08. The summed E-state index contributed by atoms with van der Waals surface area (Å²) in [7, 11) is 0. The average molecular weight is 235 g/mol. The molecule has 3 aromatic rings. The second kappa shape index (κ2) is 3.19. The summed E-state index contributed by atoms with van der Waals surface area (Å²) in [5.74, 6) is 0.725. The molecule has 82 valence electrons. The molecule has 0 atom stereocenters. The second-order valence-electron chi connectivity index (χ2n) is 3.99. The molecular weight excluding hydrogens is 224 g/mol. The zero-order valence-electron chi connectivity index (χ0n) is 8.76. The molecule has 16 heavy (non-hydrogen) atoms. The minimum absolute atomic E-state index is 0.263. The van der Waals surface area contributed by atoms with E-state index in [1.807, 2.05) is 19.3 Å². The predicted octanol–water partition coefficient (Wildman–Crippen LogP) is 3.40. The topological polar surface area (TPSA) is 51.8 Å². The number of benzene rings is 1. The van der Waals surface area contributed by atoms with Gasteiger partial charge in [-0.2, -0.15) is 0 Å². The fourth-order valence-electron chi connectivity index (χ4n) is 2.25. The van der Waals surface area contributed by atoms with Crippen molar-refractivity contribution in [3.8, 4) is 5.75 Å². The predicted molar refractivity (Wildman–Crippen MR) is 66.1 cm³/mol. The van der Waals surface area contributed by atoms with Crippen molar-refractivity contribution in [2.45, 2.75) is 12.8 Å². The number of fused-ring (bicyclic) bond motifs is 3. The van der Waals surface area contributed by atoms with Crippen molar-refractivity contribution in [1.29, 1.82) is 0 Å². The third-order valence-corrected chi connectivity index (χ3v) is 3.29. The molecule has 4 heteroatoms. The van der Waals surface area contributed by atoms with Crippen molar-refractivity contribution in [2.75, 3.05) is 0 Å². The first kappa shape index (κ1) is 9.60. The molecule has 3 rings (SSSR count). The minimum Gasteiger partial charge on any atom is -0.506 e. The molecule has 0 aliphatic rings. The largest absolute Gasteiger partial charge is 0.506 e. The van der Waals surface area contributed by atoms with Crippen molar-refractivity contribution in [2.24, 2.45) is 0 Å². The normalized spacial score (nSPS) is 11.6. The maximum Gasteiger partial charge on any atom is 0.141 e. The SMILES string of the molecule is Cc1c[nH]c2c(O)cc3[nH]cc(CCl)c3c12. The van der Waals surface area contributed by atoms with Gasteiger partial charge in [-0.15, -0.1) is 11.6 Å². The van der Waals surface area contributed by atoms with E-state index in [-0.39, 0.29) is 5.75 Å². The fourth-order valence-corrected chi connectivity index (χ4v) is 2.46. The number of aryl methyl sites for hydroxylation is 1. The van der Waals surface area contributed by atoms with Gasteiger partial charge in [0.25, 0.3) is 0 Å². The Labute approximate surface area is 97.0 Å². The number of aromatic amines is 2. The first-order chi connectivity index (χ1) is 7.72. The molecule has 0 fully saturated rings. The van der Waals surface area contributed by atoms with Crippen molar-refractivity contribution in [1.82, 2.24) is 9.97 Å². The fraction of sp³-hybridized carbons (Fsp3) is 0.167. The Kier molecular flexibility index (Phi) is 1.91. The third-order valence-electron chi connectivity index (χ3n) is 3.00. The van der Waals surface area contributed by atoms with Crippen LogP contribution in [0.5, 0.6) is 5.75 Å². The van der Waals surface area contributed by atoms with Gasteiger partial charge in [0, 0.05) is 35.1 Å². The molecule has 0 unspecified atom stereocenters. The van der Waals surface area contributed by atoms with Gasteiger partial charge in [-0.25, -0.2) is 0 Å². The summed E-state index contributed by atoms with van der Waals surface area (Å²) in [6.45, 7) is 2.02. The van der Waals surface area contributed by atoms with Crippen molar-refractivity contribution in [3.63, 3.8) is 0 Å². The molecule has 0 saturated carbocycles. The zero-order chi connectivity index (χ0) is 11.3. The number of aromatic hydroxyl groups is 1. The Morgan fingerprint density at radius 3 is 2.81 bits per heavy atom. The minimum atomic E-state index is 0.263. The number of phenols is 1. The summed E-state index contributed by atoms with van der Waals surface area (Å²) < 4.78 is 0. The number of H-pyrrole nitrogens is 2. The number of phenolic OH excluding ortho intramolecular Hbond substituents is 1. The van der Waals surface area contributed by atoms with Crippen LogP contribution in [0.3, 0.4) is 0 Å². The summed E-state index contributed by atoms with van der Waals surface area (Å²) in [5, 5.41) is 12.0. The molecule has 0 saturated heterocycles. The van der Waals surface area contributed by atoms with Crippen LogP contribution in [0.25, 0.3) is 21.8 Å². The molecule has 0 bridgehead atoms. The van der Waals surface area contributed by atoms with Gasteiger partial charge in [-0.3, -0.25) is 0 Å². The monoisotopic (exact) mass is 234 g/mol. The van der Waals surface area contributed by atoms with E-state index < -0.39 is 0 Å². The molecular formula is C12H11ClN2O. The summed E-state index contributed by atoms with van der Waals surface area (Å²) in [5.41, 5.74) is 3.87. The van der Waals surface area contributed by atoms with E-state index in [2.05, 4.69) is 9.97 Å². The molecule has 1 aromatic carbocycles. The molecule has 0 amide bonds. The Hall–Kier alpha value is -1.61. The van der Waals surface area contributed by atoms with Crippen LogP contribution in [-0.4, -0.2) is 15.1 Å². The van der Waals surface area contributed by atoms with Crippen LogP contribution in [0.1, 0.15) is 11.1 Å². The second-order valence-corrected chi connectivity index (χ2v) is 4.25. The number of nitrogens with one attached hydrogen (secondary N) is 2. The van der Waals surface area contributed by atoms with Crippen molar-refractivity contribution in [3.05, 3.63) is 29.6 Å². The van der Waals surface area contributed by atoms with Crippen LogP contribution in [0, 0.1) is 6.92 Å². The molecule has 0 radical (unpaired) electrons. The lowest BCUT2D eigenvalue weighted by molar-refractivity contribution is 0.481. The number of aromatic nitrogens is 2. The van der Waals surface area contributed by atoms with E-state index in [0.717, 1.165) is 32.9 Å². The van der Waals surface area contributed by atoms with Crippen molar-refractivity contribution < 1.29 is 5.11 Å². The Balaban J connectivity index is 2.62. The van der Waals surface area contributed by atoms with E-state index in [4.69, 9.17) is 11.6 Å². The van der Waals surface area contributed by atoms with E-state index in [1.165, 1.54) is 0 Å². The van der Waals surface area contributed by atoms with Crippen LogP contribution < -0.4 is 0 Å². The van der Waals surface area contributed by atoms with Gasteiger partial charge in [-0.1, -0.05) is 0 Å². The lowest BCUT2D eigenvalue weighted by atomic mass is 10.1. The molecule has 0 aliphatic heterocycles. The maximum atomic E-state index is 9.88. The highest BCUT2D eigenvalue weighted by molar-refractivity contribution is 6.20. The Morgan fingerprint density at radius 1 is 1.25 bits per heavy atom. The number of rotatable bonds is 1. The van der Waals surface area contributed by atoms with Gasteiger partial charge in [0.15, 0.2) is 0 Å². The Morgan fingerprint density at radius 2 is 2.06 bits per heavy atom. The van der Waals surface area contributed by atoms with E-state index >= 15 is 0 Å². The summed E-state index contributed by atoms with van der Waals surface area (Å²) in [6, 6.07) is 1.73. The number of halogens is 1. The summed E-state index contributed by atoms with van der Waals surface area (Å²) in [4.78, 5) is 6.21. The first-order valence-corrected chi connectivity index (χ1v) is 5.61. The van der Waals surface area contributed by atoms with E-state index in [9.17, 15) is 5.11 Å². The highest BCUT2D eigenvalue weighted by Crippen LogP contribution is 2.36. The quantitative estimate of drug-likeness (QED) is 0.556. The lowest BCUT2D eigenvalue weighted by Crippen LogP contribution is -1.78. The lowest BCUT2D eigenvalue weighted by Gasteiger charge is -2.01. The Bertz CT molecular complexity index is 681. The van der Waals surface area contributed by atoms with Crippen LogP contribution in [0.15, 0.2) is 18.5 Å². The third kappa shape index (κ3) is 1.09. The van der Waals surface area contributed by atoms with Gasteiger partial charge in [0.1, 0.15) is 5.75 Å². The van der Waals surface area contributed by atoms with Gasteiger partial charge >= 0.3 is 0 Å². The zero-order valence-corrected chi connectivity index (χ0v) is 9.52. The van der Waals surface area contributed by atoms with Crippen LogP contribution in [0.2, 0.25) is 0 Å². The van der Waals surface area contributed by atoms with Crippen LogP contribution >= 0.6 is 11.6 Å². The van der Waals surface area contributed by atoms with E-state index in [1.54, 1.807) is 6.07 Å². The van der Waals surface area contributed by atoms with Gasteiger partial charge in [0.2, 0.25) is 0 Å². The van der Waals surface area contributed by atoms with Crippen LogP contribution in [-0.2, 0) is 5.88 Å². The van der Waals surface area contributed by atoms with Gasteiger partial charge in [0.05, 0.1) is 11.0 Å². The molecule has 3 N–H and O–H groups in total. The molecule has 3 nitrogen and oxygen atoms in total. The van der Waals surface area contributed by atoms with Crippen molar-refractivity contribution >= 4 is 33.4 Å². The van der Waals surface area contributed by atoms with Crippen LogP contribution in [0.4, 0.5) is 0 Å². The van der Waals surface area contributed by atoms with E-state index in [0.29, 0.717) is 5.88 Å². The standard InChI is InChI=1S/C12H11ClN2O/c1-6-4-15-12-9(16)2-8-11(10(6)12)7(3-13)5-14-8/h2,4-5,14-16H,3H2,1H3. The smallest absolute Gasteiger partial charge is 0.141 e. The summed E-state index contributed by atoms with van der Waals surface area (Å²) >= 11 is 5.91. The molecule has 0 spiro atoms. The molecule has 2 heterocycles. The number of hydrogen-bond acceptors (Lipinski definition) is 1. The summed E-state index contributed by atoms with van der Waals surface area (Å²) in [6.07, 6.45) is 3.79. The molecule has 2 aromatic heterocycles. The number of hydrogen-bond donors (Lipinski definition) is 3. The van der Waals surface area contributed by atoms with Gasteiger partial charge in [-0.05, 0) is 18.1 Å². The highest BCUT2D eigenvalue weighted by atomic mass is 35.5. The average Bonchev–Trinajstić information content (AvgIpc) is 2.82.